The third-order valence-electron chi connectivity index (χ3n) is 6.53. The van der Waals surface area contributed by atoms with Crippen LogP contribution in [0.25, 0.3) is 16.6 Å². The molecular formula is C27H26N4O3. The van der Waals surface area contributed by atoms with Gasteiger partial charge in [0.2, 0.25) is 0 Å². The van der Waals surface area contributed by atoms with Crippen LogP contribution < -0.4 is 5.32 Å². The van der Waals surface area contributed by atoms with Crippen LogP contribution in [0.2, 0.25) is 0 Å². The third kappa shape index (κ3) is 3.69. The highest BCUT2D eigenvalue weighted by Gasteiger charge is 2.39. The van der Waals surface area contributed by atoms with Gasteiger partial charge in [0.15, 0.2) is 5.78 Å². The van der Waals surface area contributed by atoms with Crippen molar-refractivity contribution in [1.29, 1.82) is 0 Å². The molecule has 3 amide bonds. The second-order valence-electron chi connectivity index (χ2n) is 8.87. The summed E-state index contributed by atoms with van der Waals surface area (Å²) in [5, 5.41) is 3.76. The van der Waals surface area contributed by atoms with E-state index in [4.69, 9.17) is 0 Å². The Morgan fingerprint density at radius 2 is 1.74 bits per heavy atom. The van der Waals surface area contributed by atoms with Gasteiger partial charge in [0.1, 0.15) is 6.04 Å². The van der Waals surface area contributed by atoms with E-state index in [0.29, 0.717) is 12.0 Å². The van der Waals surface area contributed by atoms with Crippen molar-refractivity contribution in [2.24, 2.45) is 0 Å². The quantitative estimate of drug-likeness (QED) is 0.338. The standard InChI is InChI=1S/C27H26N4O3/c1-16-8-10-20(11-9-16)31-17(2)12-22(18(31)3)25(32)15-30-26(33)24(29-27(30)34)13-19-14-28-23-7-5-4-6-21(19)23/h4-12,14,24,28H,13,15H2,1-3H3,(H,29,34). The van der Waals surface area contributed by atoms with E-state index >= 15 is 0 Å². The third-order valence-corrected chi connectivity index (χ3v) is 6.53. The molecule has 2 aromatic carbocycles. The number of carbonyl (C=O) groups is 3. The Balaban J connectivity index is 1.34. The molecule has 3 heterocycles. The Labute approximate surface area is 197 Å². The van der Waals surface area contributed by atoms with Crippen molar-refractivity contribution in [3.63, 3.8) is 0 Å². The van der Waals surface area contributed by atoms with Crippen LogP contribution in [-0.4, -0.2) is 44.8 Å². The van der Waals surface area contributed by atoms with Crippen LogP contribution in [0, 0.1) is 20.8 Å². The average molecular weight is 455 g/mol. The molecule has 5 rings (SSSR count). The molecule has 0 radical (unpaired) electrons. The number of ketones is 1. The monoisotopic (exact) mass is 454 g/mol. The molecule has 34 heavy (non-hydrogen) atoms. The number of para-hydroxylation sites is 1. The molecule has 1 fully saturated rings. The number of benzene rings is 2. The molecule has 4 aromatic rings. The lowest BCUT2D eigenvalue weighted by Gasteiger charge is -2.13. The van der Waals surface area contributed by atoms with Gasteiger partial charge in [-0.3, -0.25) is 14.5 Å². The molecule has 1 aliphatic rings. The van der Waals surface area contributed by atoms with Gasteiger partial charge in [-0.1, -0.05) is 35.9 Å². The second-order valence-corrected chi connectivity index (χ2v) is 8.87. The molecular weight excluding hydrogens is 428 g/mol. The number of aromatic amines is 1. The summed E-state index contributed by atoms with van der Waals surface area (Å²) in [6.07, 6.45) is 2.22. The lowest BCUT2D eigenvalue weighted by molar-refractivity contribution is -0.127. The number of hydrogen-bond donors (Lipinski definition) is 2. The SMILES string of the molecule is Cc1ccc(-n2c(C)cc(C(=O)CN3C(=O)NC(Cc4c[nH]c5ccccc45)C3=O)c2C)cc1. The lowest BCUT2D eigenvalue weighted by Crippen LogP contribution is -2.36. The number of nitrogens with one attached hydrogen (secondary N) is 2. The molecule has 7 nitrogen and oxygen atoms in total. The minimum absolute atomic E-state index is 0.261. The Morgan fingerprint density at radius 3 is 2.50 bits per heavy atom. The maximum Gasteiger partial charge on any atom is 0.325 e. The van der Waals surface area contributed by atoms with Crippen LogP contribution in [0.4, 0.5) is 4.79 Å². The summed E-state index contributed by atoms with van der Waals surface area (Å²) in [5.41, 5.74) is 6.26. The lowest BCUT2D eigenvalue weighted by atomic mass is 10.0. The average Bonchev–Trinajstić information content (AvgIpc) is 3.45. The molecule has 1 aliphatic heterocycles. The molecule has 7 heteroatoms. The number of Topliss-reactive ketones (excluding diaryl/α,β-unsaturated/α-hetero) is 1. The summed E-state index contributed by atoms with van der Waals surface area (Å²) in [7, 11) is 0. The highest BCUT2D eigenvalue weighted by molar-refractivity contribution is 6.09. The number of hydrogen-bond acceptors (Lipinski definition) is 3. The smallest absolute Gasteiger partial charge is 0.325 e. The molecule has 2 aromatic heterocycles. The number of imide groups is 1. The molecule has 0 saturated carbocycles. The van der Waals surface area contributed by atoms with Crippen LogP contribution >= 0.6 is 0 Å². The van der Waals surface area contributed by atoms with E-state index in [0.717, 1.165) is 44.0 Å². The predicted octanol–water partition coefficient (Wildman–Crippen LogP) is 4.23. The normalized spacial score (nSPS) is 15.9. The molecule has 1 unspecified atom stereocenters. The molecule has 0 spiro atoms. The summed E-state index contributed by atoms with van der Waals surface area (Å²) >= 11 is 0. The fourth-order valence-corrected chi connectivity index (χ4v) is 4.75. The van der Waals surface area contributed by atoms with E-state index in [-0.39, 0.29) is 18.2 Å². The molecule has 0 bridgehead atoms. The van der Waals surface area contributed by atoms with Gasteiger partial charge in [-0.05, 0) is 50.6 Å². The summed E-state index contributed by atoms with van der Waals surface area (Å²) in [5.74, 6) is -0.640. The summed E-state index contributed by atoms with van der Waals surface area (Å²) in [6, 6.07) is 16.5. The second kappa shape index (κ2) is 8.33. The topological polar surface area (TPSA) is 87.2 Å². The minimum atomic E-state index is -0.695. The van der Waals surface area contributed by atoms with E-state index in [1.54, 1.807) is 0 Å². The van der Waals surface area contributed by atoms with Gasteiger partial charge in [0.25, 0.3) is 5.91 Å². The van der Waals surface area contributed by atoms with Crippen molar-refractivity contribution in [3.8, 4) is 5.69 Å². The number of H-pyrrole nitrogens is 1. The number of amides is 3. The summed E-state index contributed by atoms with van der Waals surface area (Å²) in [6.45, 7) is 5.56. The van der Waals surface area contributed by atoms with Crippen molar-refractivity contribution in [2.45, 2.75) is 33.2 Å². The fourth-order valence-electron chi connectivity index (χ4n) is 4.75. The van der Waals surface area contributed by atoms with E-state index in [2.05, 4.69) is 10.3 Å². The number of nitrogens with zero attached hydrogens (tertiary/aromatic N) is 2. The molecule has 2 N–H and O–H groups in total. The minimum Gasteiger partial charge on any atom is -0.361 e. The first kappa shape index (κ1) is 21.7. The van der Waals surface area contributed by atoms with E-state index in [1.165, 1.54) is 0 Å². The summed E-state index contributed by atoms with van der Waals surface area (Å²) < 4.78 is 2.01. The zero-order valence-electron chi connectivity index (χ0n) is 19.4. The molecule has 172 valence electrons. The van der Waals surface area contributed by atoms with E-state index in [1.807, 2.05) is 86.1 Å². The number of urea groups is 1. The van der Waals surface area contributed by atoms with Gasteiger partial charge in [0, 0.05) is 46.2 Å². The van der Waals surface area contributed by atoms with Crippen LogP contribution in [-0.2, 0) is 11.2 Å². The number of carbonyl (C=O) groups excluding carboxylic acids is 3. The predicted molar refractivity (Wildman–Crippen MR) is 130 cm³/mol. The summed E-state index contributed by atoms with van der Waals surface area (Å²) in [4.78, 5) is 43.0. The first-order valence-corrected chi connectivity index (χ1v) is 11.3. The fraction of sp³-hybridized carbons (Fsp3) is 0.222. The van der Waals surface area contributed by atoms with Crippen molar-refractivity contribution in [1.82, 2.24) is 19.8 Å². The Kier molecular flexibility index (Phi) is 5.32. The first-order chi connectivity index (χ1) is 16.3. The van der Waals surface area contributed by atoms with Gasteiger partial charge in [-0.15, -0.1) is 0 Å². The molecule has 0 aliphatic carbocycles. The highest BCUT2D eigenvalue weighted by Crippen LogP contribution is 2.24. The number of rotatable bonds is 6. The molecule has 1 atom stereocenters. The Bertz CT molecular complexity index is 1430. The largest absolute Gasteiger partial charge is 0.361 e. The van der Waals surface area contributed by atoms with Crippen LogP contribution in [0.3, 0.4) is 0 Å². The van der Waals surface area contributed by atoms with Crippen LogP contribution in [0.5, 0.6) is 0 Å². The van der Waals surface area contributed by atoms with Crippen molar-refractivity contribution < 1.29 is 14.4 Å². The maximum atomic E-state index is 13.2. The number of aromatic nitrogens is 2. The van der Waals surface area contributed by atoms with E-state index in [9.17, 15) is 14.4 Å². The number of fused-ring (bicyclic) bond motifs is 1. The number of aryl methyl sites for hydroxylation is 2. The van der Waals surface area contributed by atoms with Crippen molar-refractivity contribution >= 4 is 28.6 Å². The van der Waals surface area contributed by atoms with E-state index < -0.39 is 12.1 Å². The van der Waals surface area contributed by atoms with Gasteiger partial charge in [0.05, 0.1) is 6.54 Å². The zero-order valence-corrected chi connectivity index (χ0v) is 19.4. The van der Waals surface area contributed by atoms with Gasteiger partial charge < -0.3 is 14.9 Å². The Morgan fingerprint density at radius 1 is 1.00 bits per heavy atom. The van der Waals surface area contributed by atoms with Crippen LogP contribution in [0.1, 0.15) is 32.9 Å². The van der Waals surface area contributed by atoms with Crippen LogP contribution in [0.15, 0.2) is 60.8 Å². The van der Waals surface area contributed by atoms with Gasteiger partial charge in [-0.2, -0.15) is 0 Å². The Hall–Kier alpha value is -4.13. The molecule has 1 saturated heterocycles. The van der Waals surface area contributed by atoms with Crippen molar-refractivity contribution in [2.75, 3.05) is 6.54 Å². The highest BCUT2D eigenvalue weighted by atomic mass is 16.2. The maximum absolute atomic E-state index is 13.2. The zero-order chi connectivity index (χ0) is 24.0. The van der Waals surface area contributed by atoms with Crippen molar-refractivity contribution in [3.05, 3.63) is 88.9 Å². The van der Waals surface area contributed by atoms with Gasteiger partial charge in [-0.25, -0.2) is 4.79 Å². The van der Waals surface area contributed by atoms with Gasteiger partial charge >= 0.3 is 6.03 Å². The first-order valence-electron chi connectivity index (χ1n) is 11.3.